The van der Waals surface area contributed by atoms with E-state index < -0.39 is 23.5 Å². The number of hydrogen-bond donors (Lipinski definition) is 0. The van der Waals surface area contributed by atoms with Gasteiger partial charge in [0.15, 0.2) is 0 Å². The molecule has 4 aromatic carbocycles. The Morgan fingerprint density at radius 2 is 0.767 bits per heavy atom. The normalized spacial score (nSPS) is 14.5. The summed E-state index contributed by atoms with van der Waals surface area (Å²) >= 11 is 0. The maximum Gasteiger partial charge on any atom is 1.00 e. The first-order chi connectivity index (χ1) is 20.1. The molecule has 0 saturated carbocycles. The molecule has 0 unspecified atom stereocenters. The molecule has 0 atom stereocenters. The topological polar surface area (TPSA) is 37.7 Å². The first kappa shape index (κ1) is 31.7. The second-order valence-electron chi connectivity index (χ2n) is 8.96. The van der Waals surface area contributed by atoms with Crippen LogP contribution in [0.5, 0.6) is 0 Å². The third-order valence-corrected chi connectivity index (χ3v) is 6.10. The van der Waals surface area contributed by atoms with E-state index >= 15 is 0 Å². The molecular formula is C30H22AgF6N6-. The van der Waals surface area contributed by atoms with E-state index in [2.05, 4.69) is 10.2 Å². The fourth-order valence-corrected chi connectivity index (χ4v) is 3.92. The van der Waals surface area contributed by atoms with Crippen LogP contribution >= 0.6 is 0 Å². The van der Waals surface area contributed by atoms with E-state index in [9.17, 15) is 26.3 Å². The largest absolute Gasteiger partial charge is 1.00 e. The van der Waals surface area contributed by atoms with Gasteiger partial charge in [-0.1, -0.05) is 36.4 Å². The van der Waals surface area contributed by atoms with Crippen molar-refractivity contribution < 1.29 is 48.7 Å². The molecule has 0 N–H and O–H groups in total. The van der Waals surface area contributed by atoms with Crippen LogP contribution in [0.4, 0.5) is 49.1 Å². The minimum Gasteiger partial charge on any atom is -0.463 e. The molecule has 226 valence electrons. The van der Waals surface area contributed by atoms with Crippen molar-refractivity contribution in [2.75, 3.05) is 19.8 Å². The second kappa shape index (κ2) is 13.4. The van der Waals surface area contributed by atoms with Crippen molar-refractivity contribution in [2.45, 2.75) is 12.4 Å². The van der Waals surface area contributed by atoms with Crippen molar-refractivity contribution in [1.29, 1.82) is 0 Å². The summed E-state index contributed by atoms with van der Waals surface area (Å²) in [6, 6.07) is 28.8. The number of para-hydroxylation sites is 2. The van der Waals surface area contributed by atoms with Gasteiger partial charge in [0.25, 0.3) is 0 Å². The molecule has 4 aromatic rings. The van der Waals surface area contributed by atoms with E-state index in [0.717, 1.165) is 35.6 Å². The average Bonchev–Trinajstić information content (AvgIpc) is 3.69. The maximum atomic E-state index is 12.5. The molecule has 0 radical (unpaired) electrons. The fourth-order valence-electron chi connectivity index (χ4n) is 3.92. The summed E-state index contributed by atoms with van der Waals surface area (Å²) in [4.78, 5) is 3.58. The third-order valence-electron chi connectivity index (χ3n) is 6.10. The van der Waals surface area contributed by atoms with Crippen LogP contribution in [-0.4, -0.2) is 12.7 Å². The molecule has 0 amide bonds. The van der Waals surface area contributed by atoms with Gasteiger partial charge in [-0.2, -0.15) is 36.5 Å². The number of halogens is 6. The van der Waals surface area contributed by atoms with E-state index in [4.69, 9.17) is 0 Å². The van der Waals surface area contributed by atoms with Gasteiger partial charge in [-0.05, 0) is 72.8 Å². The van der Waals surface area contributed by atoms with E-state index in [1.807, 2.05) is 60.7 Å². The predicted octanol–water partition coefficient (Wildman–Crippen LogP) is 8.19. The number of rotatable bonds is 4. The smallest absolute Gasteiger partial charge is 0.463 e. The molecule has 2 aliphatic rings. The summed E-state index contributed by atoms with van der Waals surface area (Å²) in [5, 5.41) is 11.3. The molecular weight excluding hydrogens is 666 g/mol. The number of nitrogens with zero attached hydrogens (tertiary/aromatic N) is 6. The van der Waals surface area contributed by atoms with Crippen molar-refractivity contribution >= 4 is 35.4 Å². The third kappa shape index (κ3) is 7.98. The van der Waals surface area contributed by atoms with Gasteiger partial charge in [-0.25, -0.2) is 0 Å². The van der Waals surface area contributed by atoms with Crippen LogP contribution in [0.3, 0.4) is 0 Å². The van der Waals surface area contributed by atoms with Crippen LogP contribution in [0, 0.1) is 13.3 Å². The molecule has 13 heteroatoms. The Morgan fingerprint density at radius 1 is 0.442 bits per heavy atom. The standard InChI is InChI=1S/2C15H11F3N3.Ag/c2*16-15(17,18)12-6-8-14(9-7-12)21-11-20(10-19-21)13-4-2-1-3-5-13;/h2*1-11H;/q2*-1;+1. The minimum absolute atomic E-state index is 0. The molecule has 43 heavy (non-hydrogen) atoms. The summed E-state index contributed by atoms with van der Waals surface area (Å²) in [6.45, 7) is 3.41. The molecule has 6 rings (SSSR count). The Balaban J connectivity index is 0.000000192. The van der Waals surface area contributed by atoms with Crippen LogP contribution in [0.15, 0.2) is 119 Å². The van der Waals surface area contributed by atoms with Crippen LogP contribution in [0.2, 0.25) is 0 Å². The Labute approximate surface area is 259 Å². The Bertz CT molecular complexity index is 1390. The summed E-state index contributed by atoms with van der Waals surface area (Å²) in [7, 11) is 0. The van der Waals surface area contributed by atoms with Gasteiger partial charge in [-0.15, -0.1) is 13.3 Å². The van der Waals surface area contributed by atoms with Gasteiger partial charge in [0.2, 0.25) is 0 Å². The summed E-state index contributed by atoms with van der Waals surface area (Å²) in [5.41, 5.74) is 1.64. The zero-order valence-electron chi connectivity index (χ0n) is 22.0. The van der Waals surface area contributed by atoms with E-state index in [-0.39, 0.29) is 22.4 Å². The van der Waals surface area contributed by atoms with Crippen LogP contribution in [-0.2, 0) is 34.7 Å². The van der Waals surface area contributed by atoms with Crippen molar-refractivity contribution in [3.8, 4) is 0 Å². The van der Waals surface area contributed by atoms with Crippen molar-refractivity contribution in [3.63, 3.8) is 0 Å². The summed E-state index contributed by atoms with van der Waals surface area (Å²) < 4.78 is 75.1. The quantitative estimate of drug-likeness (QED) is 0.123. The van der Waals surface area contributed by atoms with Gasteiger partial charge in [0, 0.05) is 22.7 Å². The molecule has 2 heterocycles. The fraction of sp³-hybridized carbons (Fsp3) is 0.0667. The summed E-state index contributed by atoms with van der Waals surface area (Å²) in [5.74, 6) is 0. The molecule has 0 fully saturated rings. The molecule has 0 bridgehead atoms. The number of hydrazone groups is 2. The average molecular weight is 688 g/mol. The van der Waals surface area contributed by atoms with Gasteiger partial charge in [-0.3, -0.25) is 0 Å². The van der Waals surface area contributed by atoms with E-state index in [1.165, 1.54) is 34.3 Å². The maximum absolute atomic E-state index is 12.5. The van der Waals surface area contributed by atoms with Crippen molar-refractivity contribution in [1.82, 2.24) is 0 Å². The molecule has 0 saturated heterocycles. The number of benzene rings is 4. The second-order valence-corrected chi connectivity index (χ2v) is 8.96. The number of alkyl halides is 6. The van der Waals surface area contributed by atoms with E-state index in [0.29, 0.717) is 11.4 Å². The Kier molecular flexibility index (Phi) is 9.84. The van der Waals surface area contributed by atoms with Crippen molar-refractivity contribution in [2.24, 2.45) is 10.2 Å². The summed E-state index contributed by atoms with van der Waals surface area (Å²) in [6.07, 6.45) is -5.45. The van der Waals surface area contributed by atoms with Gasteiger partial charge in [0.1, 0.15) is 0 Å². The van der Waals surface area contributed by atoms with Crippen LogP contribution in [0.25, 0.3) is 0 Å². The van der Waals surface area contributed by atoms with E-state index in [1.54, 1.807) is 35.8 Å². The molecule has 6 nitrogen and oxygen atoms in total. The Morgan fingerprint density at radius 3 is 1.07 bits per heavy atom. The number of hydrogen-bond acceptors (Lipinski definition) is 6. The SMILES string of the molecule is FC(F)(F)c1ccc(N2[CH-]N(c3ccccc3)C=N2)cc1.FC(F)(F)c1ccc(N2[CH-]N(c3ccccc3)C=N2)cc1.[Ag+]. The zero-order chi connectivity index (χ0) is 29.7. The monoisotopic (exact) mass is 687 g/mol. The molecule has 0 aliphatic carbocycles. The molecule has 2 aliphatic heterocycles. The first-order valence-electron chi connectivity index (χ1n) is 12.5. The van der Waals surface area contributed by atoms with Gasteiger partial charge < -0.3 is 19.8 Å². The minimum atomic E-state index is -4.33. The van der Waals surface area contributed by atoms with Crippen LogP contribution < -0.4 is 19.8 Å². The molecule has 0 spiro atoms. The first-order valence-corrected chi connectivity index (χ1v) is 12.5. The number of anilines is 4. The van der Waals surface area contributed by atoms with Gasteiger partial charge >= 0.3 is 34.7 Å². The van der Waals surface area contributed by atoms with Crippen LogP contribution in [0.1, 0.15) is 11.1 Å². The van der Waals surface area contributed by atoms with Gasteiger partial charge in [0.05, 0.1) is 23.8 Å². The molecule has 0 aromatic heterocycles. The predicted molar refractivity (Wildman–Crippen MR) is 151 cm³/mol. The Hall–Kier alpha value is -4.26. The van der Waals surface area contributed by atoms with Crippen molar-refractivity contribution in [3.05, 3.63) is 134 Å². The zero-order valence-corrected chi connectivity index (χ0v) is 23.4.